The van der Waals surface area contributed by atoms with Crippen LogP contribution in [-0.4, -0.2) is 46.7 Å². The molecule has 1 saturated carbocycles. The van der Waals surface area contributed by atoms with Crippen LogP contribution in [0.15, 0.2) is 24.3 Å². The van der Waals surface area contributed by atoms with Gasteiger partial charge in [-0.25, -0.2) is 0 Å². The Morgan fingerprint density at radius 2 is 1.81 bits per heavy atom. The van der Waals surface area contributed by atoms with Crippen molar-refractivity contribution in [1.29, 1.82) is 0 Å². The minimum atomic E-state index is -1.69. The van der Waals surface area contributed by atoms with Gasteiger partial charge in [0.1, 0.15) is 11.7 Å². The van der Waals surface area contributed by atoms with Crippen molar-refractivity contribution >= 4 is 17.7 Å². The van der Waals surface area contributed by atoms with Crippen molar-refractivity contribution < 1.29 is 34.1 Å². The molecule has 0 aliphatic heterocycles. The number of carbonyl (C=O) groups is 3. The number of phenols is 1. The Morgan fingerprint density at radius 1 is 1.19 bits per heavy atom. The number of benzene rings is 1. The number of ketones is 1. The molecule has 4 atom stereocenters. The Labute approximate surface area is 151 Å². The number of Topliss-reactive ketones (excluding diaryl/α,β-unsaturated/α-hetero) is 1. The van der Waals surface area contributed by atoms with Crippen LogP contribution in [0.2, 0.25) is 0 Å². The van der Waals surface area contributed by atoms with Crippen molar-refractivity contribution in [2.45, 2.75) is 38.7 Å². The predicted octanol–water partition coefficient (Wildman–Crippen LogP) is 1.56. The number of esters is 2. The largest absolute Gasteiger partial charge is 0.508 e. The Kier molecular flexibility index (Phi) is 6.02. The van der Waals surface area contributed by atoms with E-state index in [0.717, 1.165) is 0 Å². The lowest BCUT2D eigenvalue weighted by molar-refractivity contribution is -0.172. The maximum absolute atomic E-state index is 12.6. The number of phenolic OH excluding ortho intramolecular Hbond substituents is 1. The van der Waals surface area contributed by atoms with Gasteiger partial charge in [0.15, 0.2) is 5.78 Å². The normalized spacial score (nSPS) is 28.5. The second kappa shape index (κ2) is 7.86. The molecule has 0 bridgehead atoms. The molecule has 0 heterocycles. The van der Waals surface area contributed by atoms with Gasteiger partial charge in [-0.15, -0.1) is 0 Å². The van der Waals surface area contributed by atoms with E-state index in [-0.39, 0.29) is 25.4 Å². The first kappa shape index (κ1) is 19.9. The molecular formula is C19H24O7. The van der Waals surface area contributed by atoms with Crippen molar-refractivity contribution in [3.63, 3.8) is 0 Å². The van der Waals surface area contributed by atoms with E-state index in [1.165, 1.54) is 19.1 Å². The van der Waals surface area contributed by atoms with E-state index in [1.807, 2.05) is 0 Å². The molecule has 1 aliphatic carbocycles. The highest BCUT2D eigenvalue weighted by Gasteiger charge is 2.57. The summed E-state index contributed by atoms with van der Waals surface area (Å²) >= 11 is 0. The molecule has 0 aromatic heterocycles. The fraction of sp³-hybridized carbons (Fsp3) is 0.526. The summed E-state index contributed by atoms with van der Waals surface area (Å²) < 4.78 is 10.1. The minimum Gasteiger partial charge on any atom is -0.508 e. The van der Waals surface area contributed by atoms with E-state index in [2.05, 4.69) is 0 Å². The van der Waals surface area contributed by atoms with E-state index in [9.17, 15) is 24.6 Å². The molecule has 142 valence electrons. The summed E-state index contributed by atoms with van der Waals surface area (Å²) in [5.74, 6) is -5.46. The summed E-state index contributed by atoms with van der Waals surface area (Å²) in [7, 11) is 0. The van der Waals surface area contributed by atoms with Gasteiger partial charge in [0.2, 0.25) is 0 Å². The summed E-state index contributed by atoms with van der Waals surface area (Å²) in [5, 5.41) is 20.6. The van der Waals surface area contributed by atoms with Gasteiger partial charge < -0.3 is 19.7 Å². The van der Waals surface area contributed by atoms with E-state index < -0.39 is 41.1 Å². The molecule has 0 spiro atoms. The smallest absolute Gasteiger partial charge is 0.317 e. The molecule has 1 fully saturated rings. The average Bonchev–Trinajstić information content (AvgIpc) is 2.53. The second-order valence-electron chi connectivity index (χ2n) is 6.58. The summed E-state index contributed by atoms with van der Waals surface area (Å²) in [5.41, 5.74) is -1.31. The molecule has 0 radical (unpaired) electrons. The number of rotatable bonds is 5. The summed E-state index contributed by atoms with van der Waals surface area (Å²) in [6, 6.07) is 5.95. The SMILES string of the molecule is CCOC(=O)[C@@H]1C(=O)C[C@](C)(O)[C@@H](C(=O)OCC)[C@@H]1c1cccc(O)c1. The monoisotopic (exact) mass is 364 g/mol. The standard InChI is InChI=1S/C19H24O7/c1-4-25-17(22)15-13(21)10-19(3,24)16(18(23)26-5-2)14(15)11-7-6-8-12(20)9-11/h6-9,14-16,20,24H,4-5,10H2,1-3H3/t14-,15-,16-,19+/m1/s1. The van der Waals surface area contributed by atoms with Gasteiger partial charge in [-0.1, -0.05) is 12.1 Å². The van der Waals surface area contributed by atoms with Crippen LogP contribution in [0.1, 0.15) is 38.7 Å². The first-order chi connectivity index (χ1) is 12.2. The molecule has 0 saturated heterocycles. The van der Waals surface area contributed by atoms with Crippen LogP contribution in [-0.2, 0) is 23.9 Å². The van der Waals surface area contributed by atoms with Crippen molar-refractivity contribution in [3.05, 3.63) is 29.8 Å². The molecule has 26 heavy (non-hydrogen) atoms. The highest BCUT2D eigenvalue weighted by Crippen LogP contribution is 2.47. The molecule has 1 aromatic rings. The number of ether oxygens (including phenoxy) is 2. The van der Waals surface area contributed by atoms with Crippen molar-refractivity contribution in [2.75, 3.05) is 13.2 Å². The number of hydrogen-bond donors (Lipinski definition) is 2. The fourth-order valence-electron chi connectivity index (χ4n) is 3.61. The van der Waals surface area contributed by atoms with Gasteiger partial charge in [0.05, 0.1) is 24.7 Å². The van der Waals surface area contributed by atoms with E-state index in [0.29, 0.717) is 5.56 Å². The van der Waals surface area contributed by atoms with Gasteiger partial charge in [-0.3, -0.25) is 14.4 Å². The average molecular weight is 364 g/mol. The highest BCUT2D eigenvalue weighted by atomic mass is 16.5. The molecular weight excluding hydrogens is 340 g/mol. The molecule has 7 heteroatoms. The molecule has 7 nitrogen and oxygen atoms in total. The Morgan fingerprint density at radius 3 is 2.38 bits per heavy atom. The predicted molar refractivity (Wildman–Crippen MR) is 91.3 cm³/mol. The number of aliphatic hydroxyl groups is 1. The van der Waals surface area contributed by atoms with Crippen LogP contribution in [0, 0.1) is 11.8 Å². The third-order valence-electron chi connectivity index (χ3n) is 4.60. The topological polar surface area (TPSA) is 110 Å². The third kappa shape index (κ3) is 3.88. The number of carbonyl (C=O) groups excluding carboxylic acids is 3. The Hall–Kier alpha value is -2.41. The quantitative estimate of drug-likeness (QED) is 0.602. The van der Waals surface area contributed by atoms with Gasteiger partial charge >= 0.3 is 11.9 Å². The molecule has 1 aromatic carbocycles. The second-order valence-corrected chi connectivity index (χ2v) is 6.58. The van der Waals surface area contributed by atoms with Gasteiger partial charge in [-0.05, 0) is 38.5 Å². The summed E-state index contributed by atoms with van der Waals surface area (Å²) in [4.78, 5) is 37.7. The molecule has 2 N–H and O–H groups in total. The van der Waals surface area contributed by atoms with Crippen LogP contribution >= 0.6 is 0 Å². The lowest BCUT2D eigenvalue weighted by Crippen LogP contribution is -2.55. The maximum Gasteiger partial charge on any atom is 0.317 e. The third-order valence-corrected chi connectivity index (χ3v) is 4.60. The first-order valence-corrected chi connectivity index (χ1v) is 8.60. The number of hydrogen-bond acceptors (Lipinski definition) is 7. The van der Waals surface area contributed by atoms with Crippen LogP contribution in [0.5, 0.6) is 5.75 Å². The number of aromatic hydroxyl groups is 1. The lowest BCUT2D eigenvalue weighted by atomic mass is 9.61. The molecule has 1 aliphatic rings. The first-order valence-electron chi connectivity index (χ1n) is 8.60. The Bertz CT molecular complexity index is 695. The zero-order valence-corrected chi connectivity index (χ0v) is 15.1. The molecule has 0 amide bonds. The maximum atomic E-state index is 12.6. The van der Waals surface area contributed by atoms with E-state index >= 15 is 0 Å². The van der Waals surface area contributed by atoms with Crippen molar-refractivity contribution in [2.24, 2.45) is 11.8 Å². The zero-order valence-electron chi connectivity index (χ0n) is 15.1. The van der Waals surface area contributed by atoms with Gasteiger partial charge in [0, 0.05) is 12.3 Å². The van der Waals surface area contributed by atoms with Crippen molar-refractivity contribution in [1.82, 2.24) is 0 Å². The van der Waals surface area contributed by atoms with Crippen LogP contribution in [0.4, 0.5) is 0 Å². The van der Waals surface area contributed by atoms with Gasteiger partial charge in [-0.2, -0.15) is 0 Å². The fourth-order valence-corrected chi connectivity index (χ4v) is 3.61. The lowest BCUT2D eigenvalue weighted by Gasteiger charge is -2.43. The molecule has 2 rings (SSSR count). The summed E-state index contributed by atoms with van der Waals surface area (Å²) in [6.07, 6.45) is -0.366. The minimum absolute atomic E-state index is 0.0783. The van der Waals surface area contributed by atoms with Crippen LogP contribution < -0.4 is 0 Å². The Balaban J connectivity index is 2.61. The van der Waals surface area contributed by atoms with Crippen LogP contribution in [0.3, 0.4) is 0 Å². The highest BCUT2D eigenvalue weighted by molar-refractivity contribution is 6.02. The van der Waals surface area contributed by atoms with Gasteiger partial charge in [0.25, 0.3) is 0 Å². The van der Waals surface area contributed by atoms with Crippen LogP contribution in [0.25, 0.3) is 0 Å². The van der Waals surface area contributed by atoms with Crippen molar-refractivity contribution in [3.8, 4) is 5.75 Å². The zero-order chi connectivity index (χ0) is 19.5. The van der Waals surface area contributed by atoms with E-state index in [4.69, 9.17) is 9.47 Å². The van der Waals surface area contributed by atoms with E-state index in [1.54, 1.807) is 26.0 Å². The molecule has 0 unspecified atom stereocenters. The summed E-state index contributed by atoms with van der Waals surface area (Å²) in [6.45, 7) is 4.80.